The van der Waals surface area contributed by atoms with Crippen LogP contribution in [0.15, 0.2) is 28.8 Å². The van der Waals surface area contributed by atoms with Crippen molar-refractivity contribution in [3.8, 4) is 0 Å². The molecule has 0 spiro atoms. The first-order chi connectivity index (χ1) is 9.63. The number of hydrogen-bond acceptors (Lipinski definition) is 4. The van der Waals surface area contributed by atoms with Crippen LogP contribution in [0.2, 0.25) is 5.02 Å². The zero-order chi connectivity index (χ0) is 14.4. The molecule has 106 valence electrons. The molecule has 2 aromatic rings. The van der Waals surface area contributed by atoms with E-state index >= 15 is 0 Å². The van der Waals surface area contributed by atoms with Gasteiger partial charge in [-0.2, -0.15) is 4.98 Å². The molecular weight excluding hydrogens is 280 g/mol. The molecule has 2 rings (SSSR count). The van der Waals surface area contributed by atoms with Crippen LogP contribution in [-0.2, 0) is 13.0 Å². The first-order valence-electron chi connectivity index (χ1n) is 6.19. The van der Waals surface area contributed by atoms with E-state index in [1.54, 1.807) is 6.92 Å². The van der Waals surface area contributed by atoms with Gasteiger partial charge in [-0.15, -0.1) is 0 Å². The van der Waals surface area contributed by atoms with Crippen molar-refractivity contribution in [1.82, 2.24) is 20.8 Å². The number of benzene rings is 1. The second-order valence-electron chi connectivity index (χ2n) is 4.22. The van der Waals surface area contributed by atoms with Crippen LogP contribution in [0.4, 0.5) is 4.79 Å². The Morgan fingerprint density at radius 3 is 2.70 bits per heavy atom. The number of aromatic nitrogens is 2. The van der Waals surface area contributed by atoms with E-state index in [2.05, 4.69) is 20.8 Å². The van der Waals surface area contributed by atoms with E-state index < -0.39 is 0 Å². The molecule has 0 bridgehead atoms. The third-order valence-corrected chi connectivity index (χ3v) is 2.83. The maximum Gasteiger partial charge on any atom is 0.315 e. The number of amides is 2. The van der Waals surface area contributed by atoms with Gasteiger partial charge in [-0.1, -0.05) is 28.9 Å². The van der Waals surface area contributed by atoms with Gasteiger partial charge >= 0.3 is 6.03 Å². The molecule has 0 aliphatic carbocycles. The lowest BCUT2D eigenvalue weighted by molar-refractivity contribution is 0.238. The minimum Gasteiger partial charge on any atom is -0.338 e. The average molecular weight is 295 g/mol. The molecule has 1 aromatic heterocycles. The molecule has 0 radical (unpaired) electrons. The van der Waals surface area contributed by atoms with E-state index in [0.29, 0.717) is 23.3 Å². The molecule has 0 fully saturated rings. The molecule has 2 amide bonds. The summed E-state index contributed by atoms with van der Waals surface area (Å²) >= 11 is 5.80. The number of nitrogens with zero attached hydrogens (tertiary/aromatic N) is 2. The van der Waals surface area contributed by atoms with Crippen molar-refractivity contribution in [3.63, 3.8) is 0 Å². The molecule has 1 aromatic carbocycles. The molecule has 7 heteroatoms. The SMILES string of the molecule is Cc1noc(CNC(=O)NCCc2ccc(Cl)cc2)n1. The Kier molecular flexibility index (Phi) is 4.95. The largest absolute Gasteiger partial charge is 0.338 e. The van der Waals surface area contributed by atoms with Crippen LogP contribution in [0.1, 0.15) is 17.3 Å². The van der Waals surface area contributed by atoms with E-state index in [-0.39, 0.29) is 12.6 Å². The van der Waals surface area contributed by atoms with Crippen LogP contribution in [0.3, 0.4) is 0 Å². The van der Waals surface area contributed by atoms with Crippen molar-refractivity contribution in [2.75, 3.05) is 6.54 Å². The summed E-state index contributed by atoms with van der Waals surface area (Å²) in [5.74, 6) is 0.931. The van der Waals surface area contributed by atoms with E-state index in [1.807, 2.05) is 24.3 Å². The summed E-state index contributed by atoms with van der Waals surface area (Å²) in [6.45, 7) is 2.48. The van der Waals surface area contributed by atoms with Crippen molar-refractivity contribution in [2.45, 2.75) is 19.9 Å². The summed E-state index contributed by atoms with van der Waals surface area (Å²) in [6.07, 6.45) is 0.740. The maximum atomic E-state index is 11.5. The monoisotopic (exact) mass is 294 g/mol. The number of nitrogens with one attached hydrogen (secondary N) is 2. The molecule has 6 nitrogen and oxygen atoms in total. The lowest BCUT2D eigenvalue weighted by atomic mass is 10.1. The molecule has 20 heavy (non-hydrogen) atoms. The summed E-state index contributed by atoms with van der Waals surface area (Å²) in [4.78, 5) is 15.5. The van der Waals surface area contributed by atoms with Gasteiger partial charge in [0.1, 0.15) is 0 Å². The van der Waals surface area contributed by atoms with Gasteiger partial charge in [-0.05, 0) is 31.0 Å². The second-order valence-corrected chi connectivity index (χ2v) is 4.66. The Morgan fingerprint density at radius 1 is 1.30 bits per heavy atom. The van der Waals surface area contributed by atoms with E-state index in [0.717, 1.165) is 12.0 Å². The Balaban J connectivity index is 1.66. The van der Waals surface area contributed by atoms with Gasteiger partial charge in [0.15, 0.2) is 5.82 Å². The topological polar surface area (TPSA) is 80.0 Å². The van der Waals surface area contributed by atoms with Crippen LogP contribution in [0.5, 0.6) is 0 Å². The molecular formula is C13H15ClN4O2. The van der Waals surface area contributed by atoms with E-state index in [4.69, 9.17) is 16.1 Å². The van der Waals surface area contributed by atoms with Gasteiger partial charge in [0.05, 0.1) is 6.54 Å². The van der Waals surface area contributed by atoms with Crippen molar-refractivity contribution in [1.29, 1.82) is 0 Å². The molecule has 0 aliphatic rings. The van der Waals surface area contributed by atoms with Gasteiger partial charge in [0, 0.05) is 11.6 Å². The summed E-state index contributed by atoms with van der Waals surface area (Å²) in [7, 11) is 0. The van der Waals surface area contributed by atoms with Crippen LogP contribution < -0.4 is 10.6 Å². The Bertz CT molecular complexity index is 568. The first-order valence-corrected chi connectivity index (χ1v) is 6.56. The number of carbonyl (C=O) groups excluding carboxylic acids is 1. The molecule has 2 N–H and O–H groups in total. The Labute approximate surface area is 121 Å². The Morgan fingerprint density at radius 2 is 2.05 bits per heavy atom. The number of halogens is 1. The lowest BCUT2D eigenvalue weighted by Gasteiger charge is -2.06. The third kappa shape index (κ3) is 4.55. The molecule has 1 heterocycles. The Hall–Kier alpha value is -2.08. The van der Waals surface area contributed by atoms with Crippen molar-refractivity contribution in [3.05, 3.63) is 46.6 Å². The minimum atomic E-state index is -0.269. The fourth-order valence-electron chi connectivity index (χ4n) is 1.60. The average Bonchev–Trinajstić information content (AvgIpc) is 2.85. The summed E-state index contributed by atoms with van der Waals surface area (Å²) in [5.41, 5.74) is 1.11. The van der Waals surface area contributed by atoms with Crippen molar-refractivity contribution < 1.29 is 9.32 Å². The highest BCUT2D eigenvalue weighted by Gasteiger charge is 2.05. The number of carbonyl (C=O) groups is 1. The number of aryl methyl sites for hydroxylation is 1. The fraction of sp³-hybridized carbons (Fsp3) is 0.308. The number of urea groups is 1. The summed E-state index contributed by atoms with van der Waals surface area (Å²) < 4.78 is 4.88. The smallest absolute Gasteiger partial charge is 0.315 e. The number of rotatable bonds is 5. The predicted molar refractivity (Wildman–Crippen MR) is 74.4 cm³/mol. The molecule has 0 saturated heterocycles. The quantitative estimate of drug-likeness (QED) is 0.885. The summed E-state index contributed by atoms with van der Waals surface area (Å²) in [5, 5.41) is 9.73. The van der Waals surface area contributed by atoms with E-state index in [9.17, 15) is 4.79 Å². The lowest BCUT2D eigenvalue weighted by Crippen LogP contribution is -2.36. The van der Waals surface area contributed by atoms with Gasteiger partial charge in [0.25, 0.3) is 0 Å². The molecule has 0 aliphatic heterocycles. The minimum absolute atomic E-state index is 0.216. The van der Waals surface area contributed by atoms with Gasteiger partial charge < -0.3 is 15.2 Å². The third-order valence-electron chi connectivity index (χ3n) is 2.58. The molecule has 0 saturated carbocycles. The highest BCUT2D eigenvalue weighted by molar-refractivity contribution is 6.30. The van der Waals surface area contributed by atoms with Crippen molar-refractivity contribution >= 4 is 17.6 Å². The highest BCUT2D eigenvalue weighted by atomic mass is 35.5. The standard InChI is InChI=1S/C13H15ClN4O2/c1-9-17-12(20-18-9)8-16-13(19)15-7-6-10-2-4-11(14)5-3-10/h2-5H,6-8H2,1H3,(H2,15,16,19). The molecule has 0 unspecified atom stereocenters. The van der Waals surface area contributed by atoms with Gasteiger partial charge in [-0.25, -0.2) is 4.79 Å². The van der Waals surface area contributed by atoms with Crippen LogP contribution in [0, 0.1) is 6.92 Å². The maximum absolute atomic E-state index is 11.5. The van der Waals surface area contributed by atoms with Crippen molar-refractivity contribution in [2.24, 2.45) is 0 Å². The van der Waals surface area contributed by atoms with Crippen LogP contribution >= 0.6 is 11.6 Å². The summed E-state index contributed by atoms with van der Waals surface area (Å²) in [6, 6.07) is 7.26. The normalized spacial score (nSPS) is 10.3. The molecule has 0 atom stereocenters. The van der Waals surface area contributed by atoms with Gasteiger partial charge in [-0.3, -0.25) is 0 Å². The number of hydrogen-bond donors (Lipinski definition) is 2. The van der Waals surface area contributed by atoms with Crippen LogP contribution in [-0.4, -0.2) is 22.7 Å². The van der Waals surface area contributed by atoms with Crippen LogP contribution in [0.25, 0.3) is 0 Å². The first kappa shape index (κ1) is 14.3. The zero-order valence-electron chi connectivity index (χ0n) is 11.0. The second kappa shape index (κ2) is 6.91. The zero-order valence-corrected chi connectivity index (χ0v) is 11.8. The predicted octanol–water partition coefficient (Wildman–Crippen LogP) is 2.07. The highest BCUT2D eigenvalue weighted by Crippen LogP contribution is 2.09. The van der Waals surface area contributed by atoms with E-state index in [1.165, 1.54) is 0 Å². The fourth-order valence-corrected chi connectivity index (χ4v) is 1.73. The van der Waals surface area contributed by atoms with Gasteiger partial charge in [0.2, 0.25) is 5.89 Å².